The average Bonchev–Trinajstić information content (AvgIpc) is 2.69. The van der Waals surface area contributed by atoms with Gasteiger partial charge >= 0.3 is 0 Å². The summed E-state index contributed by atoms with van der Waals surface area (Å²) in [6, 6.07) is 4.00. The van der Waals surface area contributed by atoms with Gasteiger partial charge in [-0.1, -0.05) is 13.8 Å². The van der Waals surface area contributed by atoms with Crippen LogP contribution in [0.5, 0.6) is 5.75 Å². The normalized spacial score (nSPS) is 18.1. The first-order valence-corrected chi connectivity index (χ1v) is 6.18. The molecule has 2 aromatic heterocycles. The molecule has 0 unspecified atom stereocenters. The molecule has 3 rings (SSSR count). The molecule has 17 heavy (non-hydrogen) atoms. The largest absolute Gasteiger partial charge is 0.493 e. The van der Waals surface area contributed by atoms with E-state index in [1.165, 1.54) is 24.2 Å². The summed E-state index contributed by atoms with van der Waals surface area (Å²) in [6.45, 7) is 4.56. The van der Waals surface area contributed by atoms with Crippen molar-refractivity contribution in [3.63, 3.8) is 0 Å². The Balaban J connectivity index is 2.33. The van der Waals surface area contributed by atoms with E-state index in [1.807, 2.05) is 12.1 Å². The molecule has 1 aliphatic rings. The molecule has 0 radical (unpaired) electrons. The summed E-state index contributed by atoms with van der Waals surface area (Å²) in [5.41, 5.74) is 3.74. The molecule has 0 atom stereocenters. The van der Waals surface area contributed by atoms with Gasteiger partial charge in [-0.05, 0) is 31.4 Å². The highest BCUT2D eigenvalue weighted by Crippen LogP contribution is 2.37. The van der Waals surface area contributed by atoms with Crippen molar-refractivity contribution in [1.29, 1.82) is 0 Å². The first-order valence-electron chi connectivity index (χ1n) is 6.18. The molecule has 0 bridgehead atoms. The van der Waals surface area contributed by atoms with E-state index in [0.29, 0.717) is 0 Å². The lowest BCUT2D eigenvalue weighted by Crippen LogP contribution is -2.24. The molecule has 0 N–H and O–H groups in total. The molecular weight excluding hydrogens is 212 g/mol. The van der Waals surface area contributed by atoms with E-state index in [1.54, 1.807) is 7.11 Å². The summed E-state index contributed by atoms with van der Waals surface area (Å²) in [6.07, 6.45) is 5.66. The quantitative estimate of drug-likeness (QED) is 0.753. The van der Waals surface area contributed by atoms with E-state index in [-0.39, 0.29) is 5.41 Å². The Kier molecular flexibility index (Phi) is 2.18. The van der Waals surface area contributed by atoms with Crippen molar-refractivity contribution in [2.24, 2.45) is 0 Å². The average molecular weight is 230 g/mol. The van der Waals surface area contributed by atoms with Gasteiger partial charge in [0.2, 0.25) is 0 Å². The molecule has 0 saturated heterocycles. The Hall–Kier alpha value is -1.51. The van der Waals surface area contributed by atoms with Gasteiger partial charge in [-0.2, -0.15) is 0 Å². The third-order valence-electron chi connectivity index (χ3n) is 3.79. The fourth-order valence-electron chi connectivity index (χ4n) is 2.85. The first kappa shape index (κ1) is 10.6. The molecule has 90 valence electrons. The lowest BCUT2D eigenvalue weighted by molar-refractivity contribution is 0.416. The molecule has 1 aliphatic carbocycles. The van der Waals surface area contributed by atoms with Crippen LogP contribution in [0.1, 0.15) is 38.1 Å². The molecule has 0 spiro atoms. The molecule has 3 nitrogen and oxygen atoms in total. The second-order valence-electron chi connectivity index (χ2n) is 5.41. The predicted molar refractivity (Wildman–Crippen MR) is 67.7 cm³/mol. The molecule has 0 aliphatic heterocycles. The van der Waals surface area contributed by atoms with E-state index in [0.717, 1.165) is 17.8 Å². The van der Waals surface area contributed by atoms with Crippen LogP contribution in [-0.2, 0) is 11.8 Å². The molecule has 3 heteroatoms. The molecule has 2 heterocycles. The van der Waals surface area contributed by atoms with Crippen LogP contribution in [0.15, 0.2) is 18.3 Å². The number of aromatic nitrogens is 2. The van der Waals surface area contributed by atoms with Crippen LogP contribution in [0.3, 0.4) is 0 Å². The van der Waals surface area contributed by atoms with Crippen molar-refractivity contribution in [3.8, 4) is 5.75 Å². The Morgan fingerprint density at radius 1 is 1.41 bits per heavy atom. The number of imidazole rings is 1. The Morgan fingerprint density at radius 3 is 3.00 bits per heavy atom. The van der Waals surface area contributed by atoms with Gasteiger partial charge in [-0.25, -0.2) is 4.98 Å². The fraction of sp³-hybridized carbons (Fsp3) is 0.500. The maximum atomic E-state index is 5.39. The number of fused-ring (bicyclic) bond motifs is 3. The minimum Gasteiger partial charge on any atom is -0.493 e. The van der Waals surface area contributed by atoms with Gasteiger partial charge < -0.3 is 9.14 Å². The van der Waals surface area contributed by atoms with Crippen molar-refractivity contribution in [1.82, 2.24) is 9.38 Å². The summed E-state index contributed by atoms with van der Waals surface area (Å²) >= 11 is 0. The standard InChI is InChI=1S/C14H18N2O/c1-14(2)8-4-6-10-12(14)15-13-11(17-3)7-5-9-16(10)13/h5,7,9H,4,6,8H2,1-3H3. The lowest BCUT2D eigenvalue weighted by Gasteiger charge is -2.28. The molecule has 0 fully saturated rings. The van der Waals surface area contributed by atoms with Gasteiger partial charge in [-0.3, -0.25) is 0 Å². The minimum absolute atomic E-state index is 0.185. The molecular formula is C14H18N2O. The highest BCUT2D eigenvalue weighted by molar-refractivity contribution is 5.57. The van der Waals surface area contributed by atoms with E-state index < -0.39 is 0 Å². The number of methoxy groups -OCH3 is 1. The highest BCUT2D eigenvalue weighted by atomic mass is 16.5. The van der Waals surface area contributed by atoms with Gasteiger partial charge in [-0.15, -0.1) is 0 Å². The minimum atomic E-state index is 0.185. The number of hydrogen-bond donors (Lipinski definition) is 0. The third-order valence-corrected chi connectivity index (χ3v) is 3.79. The lowest BCUT2D eigenvalue weighted by atomic mass is 9.78. The van der Waals surface area contributed by atoms with Crippen LogP contribution >= 0.6 is 0 Å². The van der Waals surface area contributed by atoms with Crippen molar-refractivity contribution >= 4 is 5.65 Å². The van der Waals surface area contributed by atoms with Gasteiger partial charge in [0.05, 0.1) is 12.8 Å². The second kappa shape index (κ2) is 3.49. The van der Waals surface area contributed by atoms with Gasteiger partial charge in [0.1, 0.15) is 0 Å². The van der Waals surface area contributed by atoms with Crippen LogP contribution in [0.2, 0.25) is 0 Å². The molecule has 0 aromatic carbocycles. The Bertz CT molecular complexity index is 569. The molecule has 0 saturated carbocycles. The zero-order chi connectivity index (χ0) is 12.0. The van der Waals surface area contributed by atoms with Gasteiger partial charge in [0, 0.05) is 17.3 Å². The number of aryl methyl sites for hydroxylation is 1. The third kappa shape index (κ3) is 1.45. The van der Waals surface area contributed by atoms with Crippen LogP contribution in [0.4, 0.5) is 0 Å². The monoisotopic (exact) mass is 230 g/mol. The number of rotatable bonds is 1. The maximum Gasteiger partial charge on any atom is 0.180 e. The number of pyridine rings is 1. The van der Waals surface area contributed by atoms with Gasteiger partial charge in [0.15, 0.2) is 11.4 Å². The van der Waals surface area contributed by atoms with E-state index >= 15 is 0 Å². The van der Waals surface area contributed by atoms with Crippen molar-refractivity contribution < 1.29 is 4.74 Å². The summed E-state index contributed by atoms with van der Waals surface area (Å²) in [5.74, 6) is 0.859. The highest BCUT2D eigenvalue weighted by Gasteiger charge is 2.32. The number of nitrogens with zero attached hydrogens (tertiary/aromatic N) is 2. The fourth-order valence-corrected chi connectivity index (χ4v) is 2.85. The topological polar surface area (TPSA) is 26.5 Å². The predicted octanol–water partition coefficient (Wildman–Crippen LogP) is 2.96. The Morgan fingerprint density at radius 2 is 2.24 bits per heavy atom. The van der Waals surface area contributed by atoms with Crippen molar-refractivity contribution in [2.45, 2.75) is 38.5 Å². The van der Waals surface area contributed by atoms with Crippen molar-refractivity contribution in [2.75, 3.05) is 7.11 Å². The van der Waals surface area contributed by atoms with Crippen LogP contribution < -0.4 is 4.74 Å². The molecule has 0 amide bonds. The van der Waals surface area contributed by atoms with Crippen LogP contribution in [0, 0.1) is 0 Å². The van der Waals surface area contributed by atoms with Crippen LogP contribution in [-0.4, -0.2) is 16.5 Å². The van der Waals surface area contributed by atoms with E-state index in [2.05, 4.69) is 24.4 Å². The van der Waals surface area contributed by atoms with E-state index in [9.17, 15) is 0 Å². The van der Waals surface area contributed by atoms with Crippen LogP contribution in [0.25, 0.3) is 5.65 Å². The Labute approximate surface area is 101 Å². The summed E-state index contributed by atoms with van der Waals surface area (Å²) in [4.78, 5) is 4.81. The second-order valence-corrected chi connectivity index (χ2v) is 5.41. The smallest absolute Gasteiger partial charge is 0.180 e. The van der Waals surface area contributed by atoms with Crippen molar-refractivity contribution in [3.05, 3.63) is 29.7 Å². The SMILES string of the molecule is COc1cccn2c3c(nc12)C(C)(C)CCC3. The zero-order valence-electron chi connectivity index (χ0n) is 10.7. The zero-order valence-corrected chi connectivity index (χ0v) is 10.7. The maximum absolute atomic E-state index is 5.39. The first-order chi connectivity index (χ1) is 8.13. The van der Waals surface area contributed by atoms with E-state index in [4.69, 9.17) is 9.72 Å². The van der Waals surface area contributed by atoms with Gasteiger partial charge in [0.25, 0.3) is 0 Å². The summed E-state index contributed by atoms with van der Waals surface area (Å²) in [7, 11) is 1.70. The number of ether oxygens (including phenoxy) is 1. The molecule has 2 aromatic rings. The number of hydrogen-bond acceptors (Lipinski definition) is 2. The summed E-state index contributed by atoms with van der Waals surface area (Å²) in [5, 5.41) is 0. The summed E-state index contributed by atoms with van der Waals surface area (Å²) < 4.78 is 7.58.